The minimum atomic E-state index is 0.212. The molecule has 0 aliphatic heterocycles. The van der Waals surface area contributed by atoms with E-state index in [1.807, 2.05) is 13.8 Å². The summed E-state index contributed by atoms with van der Waals surface area (Å²) < 4.78 is 0. The monoisotopic (exact) mass is 233 g/mol. The van der Waals surface area contributed by atoms with Gasteiger partial charge in [0.25, 0.3) is 0 Å². The van der Waals surface area contributed by atoms with Crippen LogP contribution in [0.2, 0.25) is 0 Å². The van der Waals surface area contributed by atoms with Crippen molar-refractivity contribution in [2.75, 3.05) is 6.54 Å². The zero-order valence-corrected chi connectivity index (χ0v) is 9.23. The molecular weight excluding hydrogens is 218 g/mol. The molecule has 2 atom stereocenters. The number of carbonyl (C=O) groups is 1. The number of alkyl halides is 1. The lowest BCUT2D eigenvalue weighted by atomic mass is 10.1. The number of rotatable bonds is 4. The second kappa shape index (κ2) is 4.26. The minimum Gasteiger partial charge on any atom is -0.355 e. The Morgan fingerprint density at radius 2 is 2.17 bits per heavy atom. The van der Waals surface area contributed by atoms with E-state index in [4.69, 9.17) is 0 Å². The summed E-state index contributed by atoms with van der Waals surface area (Å²) in [5.41, 5.74) is 0. The van der Waals surface area contributed by atoms with Crippen LogP contribution < -0.4 is 5.32 Å². The highest BCUT2D eigenvalue weighted by molar-refractivity contribution is 9.09. The number of hydrogen-bond donors (Lipinski definition) is 1. The SMILES string of the molecule is CC(Br)CNC(=O)C(C)C1CC1. The molecule has 0 spiro atoms. The van der Waals surface area contributed by atoms with E-state index in [2.05, 4.69) is 21.2 Å². The van der Waals surface area contributed by atoms with Gasteiger partial charge in [0.05, 0.1) is 0 Å². The van der Waals surface area contributed by atoms with E-state index in [9.17, 15) is 4.79 Å². The maximum Gasteiger partial charge on any atom is 0.223 e. The van der Waals surface area contributed by atoms with Gasteiger partial charge in [0, 0.05) is 17.3 Å². The van der Waals surface area contributed by atoms with Crippen LogP contribution in [0.15, 0.2) is 0 Å². The van der Waals surface area contributed by atoms with Gasteiger partial charge in [-0.2, -0.15) is 0 Å². The fourth-order valence-electron chi connectivity index (χ4n) is 1.21. The summed E-state index contributed by atoms with van der Waals surface area (Å²) in [6, 6.07) is 0. The number of nitrogens with one attached hydrogen (secondary N) is 1. The first-order valence-electron chi connectivity index (χ1n) is 4.53. The lowest BCUT2D eigenvalue weighted by Gasteiger charge is -2.11. The number of carbonyl (C=O) groups excluding carboxylic acids is 1. The van der Waals surface area contributed by atoms with Gasteiger partial charge in [-0.05, 0) is 18.8 Å². The van der Waals surface area contributed by atoms with Crippen molar-refractivity contribution in [2.24, 2.45) is 11.8 Å². The third kappa shape index (κ3) is 3.13. The molecule has 1 amide bonds. The van der Waals surface area contributed by atoms with Crippen LogP contribution in [-0.4, -0.2) is 17.3 Å². The van der Waals surface area contributed by atoms with Crippen molar-refractivity contribution >= 4 is 21.8 Å². The van der Waals surface area contributed by atoms with Gasteiger partial charge < -0.3 is 5.32 Å². The first-order chi connectivity index (χ1) is 5.61. The summed E-state index contributed by atoms with van der Waals surface area (Å²) in [6.45, 7) is 4.78. The van der Waals surface area contributed by atoms with Crippen molar-refractivity contribution in [3.05, 3.63) is 0 Å². The number of amides is 1. The highest BCUT2D eigenvalue weighted by Crippen LogP contribution is 2.36. The van der Waals surface area contributed by atoms with Crippen molar-refractivity contribution < 1.29 is 4.79 Å². The molecule has 1 rings (SSSR count). The Morgan fingerprint density at radius 3 is 2.58 bits per heavy atom. The molecule has 3 heteroatoms. The molecule has 0 saturated heterocycles. The summed E-state index contributed by atoms with van der Waals surface area (Å²) in [6.07, 6.45) is 2.47. The fourth-order valence-corrected chi connectivity index (χ4v) is 1.37. The molecule has 0 radical (unpaired) electrons. The minimum absolute atomic E-state index is 0.212. The summed E-state index contributed by atoms with van der Waals surface area (Å²) in [5, 5.41) is 2.92. The van der Waals surface area contributed by atoms with Gasteiger partial charge in [-0.15, -0.1) is 0 Å². The molecular formula is C9H16BrNO. The maximum atomic E-state index is 11.4. The van der Waals surface area contributed by atoms with Crippen LogP contribution in [0.5, 0.6) is 0 Å². The Morgan fingerprint density at radius 1 is 1.58 bits per heavy atom. The molecule has 0 aromatic rings. The molecule has 2 unspecified atom stereocenters. The Labute approximate surface area is 82.2 Å². The van der Waals surface area contributed by atoms with Crippen LogP contribution in [-0.2, 0) is 4.79 Å². The fraction of sp³-hybridized carbons (Fsp3) is 0.889. The average molecular weight is 234 g/mol. The molecule has 0 heterocycles. The van der Waals surface area contributed by atoms with E-state index < -0.39 is 0 Å². The zero-order chi connectivity index (χ0) is 9.14. The van der Waals surface area contributed by atoms with Crippen LogP contribution in [0.25, 0.3) is 0 Å². The van der Waals surface area contributed by atoms with Gasteiger partial charge in [-0.25, -0.2) is 0 Å². The van der Waals surface area contributed by atoms with Crippen molar-refractivity contribution in [2.45, 2.75) is 31.5 Å². The molecule has 12 heavy (non-hydrogen) atoms. The summed E-state index contributed by atoms with van der Waals surface area (Å²) in [7, 11) is 0. The second-order valence-corrected chi connectivity index (χ2v) is 5.22. The lowest BCUT2D eigenvalue weighted by molar-refractivity contribution is -0.125. The lowest BCUT2D eigenvalue weighted by Crippen LogP contribution is -2.33. The van der Waals surface area contributed by atoms with E-state index in [0.29, 0.717) is 10.7 Å². The van der Waals surface area contributed by atoms with Crippen molar-refractivity contribution in [3.63, 3.8) is 0 Å². The van der Waals surface area contributed by atoms with Crippen LogP contribution >= 0.6 is 15.9 Å². The number of hydrogen-bond acceptors (Lipinski definition) is 1. The van der Waals surface area contributed by atoms with E-state index >= 15 is 0 Å². The summed E-state index contributed by atoms with van der Waals surface area (Å²) in [5.74, 6) is 1.09. The van der Waals surface area contributed by atoms with Crippen molar-refractivity contribution in [1.82, 2.24) is 5.32 Å². The van der Waals surface area contributed by atoms with Crippen LogP contribution in [0.3, 0.4) is 0 Å². The predicted molar refractivity (Wildman–Crippen MR) is 53.3 cm³/mol. The second-order valence-electron chi connectivity index (χ2n) is 3.65. The Hall–Kier alpha value is -0.0500. The summed E-state index contributed by atoms with van der Waals surface area (Å²) >= 11 is 3.39. The standard InChI is InChI=1S/C9H16BrNO/c1-6(10)5-11-9(12)7(2)8-3-4-8/h6-8H,3-5H2,1-2H3,(H,11,12). The van der Waals surface area contributed by atoms with E-state index in [0.717, 1.165) is 6.54 Å². The van der Waals surface area contributed by atoms with Gasteiger partial charge >= 0.3 is 0 Å². The van der Waals surface area contributed by atoms with Crippen LogP contribution in [0, 0.1) is 11.8 Å². The highest BCUT2D eigenvalue weighted by atomic mass is 79.9. The third-order valence-electron chi connectivity index (χ3n) is 2.30. The Balaban J connectivity index is 2.17. The largest absolute Gasteiger partial charge is 0.355 e. The van der Waals surface area contributed by atoms with Crippen LogP contribution in [0.1, 0.15) is 26.7 Å². The first kappa shape index (κ1) is 10.0. The third-order valence-corrected chi connectivity index (χ3v) is 2.62. The van der Waals surface area contributed by atoms with E-state index in [-0.39, 0.29) is 11.8 Å². The predicted octanol–water partition coefficient (Wildman–Crippen LogP) is 1.93. The molecule has 2 nitrogen and oxygen atoms in total. The normalized spacial score (nSPS) is 21.6. The maximum absolute atomic E-state index is 11.4. The van der Waals surface area contributed by atoms with Crippen molar-refractivity contribution in [3.8, 4) is 0 Å². The molecule has 1 fully saturated rings. The van der Waals surface area contributed by atoms with Gasteiger partial charge in [0.15, 0.2) is 0 Å². The van der Waals surface area contributed by atoms with Crippen molar-refractivity contribution in [1.29, 1.82) is 0 Å². The quantitative estimate of drug-likeness (QED) is 0.740. The molecule has 1 aliphatic carbocycles. The van der Waals surface area contributed by atoms with E-state index in [1.54, 1.807) is 0 Å². The molecule has 1 N–H and O–H groups in total. The molecule has 0 aromatic heterocycles. The molecule has 0 bridgehead atoms. The Bertz CT molecular complexity index is 166. The molecule has 70 valence electrons. The topological polar surface area (TPSA) is 29.1 Å². The summed E-state index contributed by atoms with van der Waals surface area (Å²) in [4.78, 5) is 11.8. The molecule has 1 saturated carbocycles. The van der Waals surface area contributed by atoms with E-state index in [1.165, 1.54) is 12.8 Å². The number of halogens is 1. The average Bonchev–Trinajstić information content (AvgIpc) is 2.80. The van der Waals surface area contributed by atoms with Gasteiger partial charge in [-0.3, -0.25) is 4.79 Å². The smallest absolute Gasteiger partial charge is 0.223 e. The first-order valence-corrected chi connectivity index (χ1v) is 5.44. The highest BCUT2D eigenvalue weighted by Gasteiger charge is 2.32. The van der Waals surface area contributed by atoms with Gasteiger partial charge in [-0.1, -0.05) is 29.8 Å². The molecule has 1 aliphatic rings. The molecule has 0 aromatic carbocycles. The zero-order valence-electron chi connectivity index (χ0n) is 7.64. The Kier molecular flexibility index (Phi) is 3.56. The van der Waals surface area contributed by atoms with Crippen LogP contribution in [0.4, 0.5) is 0 Å². The van der Waals surface area contributed by atoms with Gasteiger partial charge in [0.1, 0.15) is 0 Å². The van der Waals surface area contributed by atoms with Gasteiger partial charge in [0.2, 0.25) is 5.91 Å².